The van der Waals surface area contributed by atoms with Crippen molar-refractivity contribution in [3.63, 3.8) is 0 Å². The molecule has 0 fully saturated rings. The third-order valence-electron chi connectivity index (χ3n) is 5.62. The minimum Gasteiger partial charge on any atom is -0.441 e. The van der Waals surface area contributed by atoms with Crippen LogP contribution in [0, 0.1) is 20.8 Å². The van der Waals surface area contributed by atoms with Crippen LogP contribution in [-0.4, -0.2) is 20.7 Å². The minimum absolute atomic E-state index is 0.00871. The first kappa shape index (κ1) is 21.6. The molecule has 164 valence electrons. The summed E-state index contributed by atoms with van der Waals surface area (Å²) in [6.45, 7) is 8.52. The van der Waals surface area contributed by atoms with E-state index in [9.17, 15) is 4.79 Å². The van der Waals surface area contributed by atoms with Gasteiger partial charge in [-0.1, -0.05) is 37.3 Å². The lowest BCUT2D eigenvalue weighted by Gasteiger charge is -2.15. The Morgan fingerprint density at radius 1 is 1.06 bits per heavy atom. The standard InChI is InChI=1S/C26H28N4O2/c1-5-23(20-9-7-6-8-10-20)25(31)27-22-13-11-21(12-14-22)26-28-24(19(4)32-26)16-30-18(3)15-17(2)29-30/h6-15,23H,5,16H2,1-4H3,(H,27,31). The van der Waals surface area contributed by atoms with Crippen molar-refractivity contribution >= 4 is 11.6 Å². The van der Waals surface area contributed by atoms with E-state index in [4.69, 9.17) is 4.42 Å². The summed E-state index contributed by atoms with van der Waals surface area (Å²) in [5.74, 6) is 1.15. The highest BCUT2D eigenvalue weighted by atomic mass is 16.4. The van der Waals surface area contributed by atoms with Gasteiger partial charge in [-0.2, -0.15) is 5.10 Å². The van der Waals surface area contributed by atoms with Crippen molar-refractivity contribution in [2.45, 2.75) is 46.6 Å². The van der Waals surface area contributed by atoms with Gasteiger partial charge in [-0.05, 0) is 63.1 Å². The number of rotatable bonds is 7. The molecule has 1 N–H and O–H groups in total. The van der Waals surface area contributed by atoms with Gasteiger partial charge in [0.05, 0.1) is 18.2 Å². The molecular weight excluding hydrogens is 400 g/mol. The number of aromatic nitrogens is 3. The van der Waals surface area contributed by atoms with E-state index in [0.717, 1.165) is 46.1 Å². The molecule has 1 unspecified atom stereocenters. The van der Waals surface area contributed by atoms with Crippen LogP contribution in [0.5, 0.6) is 0 Å². The molecule has 2 aromatic heterocycles. The van der Waals surface area contributed by atoms with Crippen LogP contribution in [0.3, 0.4) is 0 Å². The smallest absolute Gasteiger partial charge is 0.231 e. The summed E-state index contributed by atoms with van der Waals surface area (Å²) < 4.78 is 7.84. The normalized spacial score (nSPS) is 12.0. The Balaban J connectivity index is 1.47. The highest BCUT2D eigenvalue weighted by Crippen LogP contribution is 2.26. The van der Waals surface area contributed by atoms with E-state index in [1.807, 2.05) is 93.0 Å². The highest BCUT2D eigenvalue weighted by molar-refractivity contribution is 5.96. The number of nitrogens with one attached hydrogen (secondary N) is 1. The molecule has 0 saturated carbocycles. The monoisotopic (exact) mass is 428 g/mol. The molecule has 2 heterocycles. The summed E-state index contributed by atoms with van der Waals surface area (Å²) >= 11 is 0. The molecule has 0 saturated heterocycles. The van der Waals surface area contributed by atoms with Gasteiger partial charge in [0, 0.05) is 16.9 Å². The lowest BCUT2D eigenvalue weighted by atomic mass is 9.95. The maximum atomic E-state index is 12.8. The van der Waals surface area contributed by atoms with Gasteiger partial charge in [-0.25, -0.2) is 4.98 Å². The van der Waals surface area contributed by atoms with Crippen LogP contribution in [0.4, 0.5) is 5.69 Å². The molecule has 1 amide bonds. The lowest BCUT2D eigenvalue weighted by molar-refractivity contribution is -0.117. The van der Waals surface area contributed by atoms with Crippen molar-refractivity contribution in [3.05, 3.63) is 89.1 Å². The second-order valence-corrected chi connectivity index (χ2v) is 8.04. The summed E-state index contributed by atoms with van der Waals surface area (Å²) in [4.78, 5) is 17.5. The van der Waals surface area contributed by atoms with Gasteiger partial charge < -0.3 is 9.73 Å². The summed E-state index contributed by atoms with van der Waals surface area (Å²) in [7, 11) is 0. The molecule has 6 heteroatoms. The quantitative estimate of drug-likeness (QED) is 0.413. The number of carbonyl (C=O) groups excluding carboxylic acids is 1. The number of benzene rings is 2. The number of hydrogen-bond donors (Lipinski definition) is 1. The molecular formula is C26H28N4O2. The number of carbonyl (C=O) groups is 1. The predicted molar refractivity (Wildman–Crippen MR) is 126 cm³/mol. The molecule has 0 bridgehead atoms. The van der Waals surface area contributed by atoms with Crippen LogP contribution < -0.4 is 5.32 Å². The van der Waals surface area contributed by atoms with E-state index in [1.165, 1.54) is 0 Å². The van der Waals surface area contributed by atoms with E-state index < -0.39 is 0 Å². The number of nitrogens with zero attached hydrogens (tertiary/aromatic N) is 3. The number of oxazole rings is 1. The van der Waals surface area contributed by atoms with Crippen LogP contribution in [0.15, 0.2) is 65.1 Å². The van der Waals surface area contributed by atoms with Crippen molar-refractivity contribution in [2.24, 2.45) is 0 Å². The van der Waals surface area contributed by atoms with Gasteiger partial charge in [0.25, 0.3) is 0 Å². The summed E-state index contributed by atoms with van der Waals surface area (Å²) in [6.07, 6.45) is 0.738. The van der Waals surface area contributed by atoms with Gasteiger partial charge in [-0.3, -0.25) is 9.48 Å². The fourth-order valence-corrected chi connectivity index (χ4v) is 3.86. The average Bonchev–Trinajstić information content (AvgIpc) is 3.31. The molecule has 32 heavy (non-hydrogen) atoms. The Morgan fingerprint density at radius 3 is 2.41 bits per heavy atom. The number of anilines is 1. The predicted octanol–water partition coefficient (Wildman–Crippen LogP) is 5.64. The Labute approximate surface area is 188 Å². The summed E-state index contributed by atoms with van der Waals surface area (Å²) in [6, 6.07) is 19.5. The van der Waals surface area contributed by atoms with E-state index >= 15 is 0 Å². The number of amides is 1. The highest BCUT2D eigenvalue weighted by Gasteiger charge is 2.19. The molecule has 2 aromatic carbocycles. The second kappa shape index (κ2) is 9.22. The molecule has 4 aromatic rings. The minimum atomic E-state index is -0.179. The Hall–Kier alpha value is -3.67. The van der Waals surface area contributed by atoms with Gasteiger partial charge >= 0.3 is 0 Å². The molecule has 4 rings (SSSR count). The van der Waals surface area contributed by atoms with E-state index in [1.54, 1.807) is 0 Å². The van der Waals surface area contributed by atoms with Crippen molar-refractivity contribution in [1.82, 2.24) is 14.8 Å². The third kappa shape index (κ3) is 4.64. The zero-order valence-electron chi connectivity index (χ0n) is 18.9. The zero-order valence-corrected chi connectivity index (χ0v) is 18.9. The number of aryl methyl sites for hydroxylation is 3. The summed E-state index contributed by atoms with van der Waals surface area (Å²) in [5.41, 5.74) is 5.57. The molecule has 0 aliphatic rings. The van der Waals surface area contributed by atoms with E-state index in [-0.39, 0.29) is 11.8 Å². The molecule has 0 spiro atoms. The molecule has 0 radical (unpaired) electrons. The Morgan fingerprint density at radius 2 is 1.78 bits per heavy atom. The Kier molecular flexibility index (Phi) is 6.21. The van der Waals surface area contributed by atoms with Gasteiger partial charge in [0.15, 0.2) is 0 Å². The van der Waals surface area contributed by atoms with E-state index in [0.29, 0.717) is 12.4 Å². The first-order valence-corrected chi connectivity index (χ1v) is 10.9. The fraction of sp³-hybridized carbons (Fsp3) is 0.269. The second-order valence-electron chi connectivity index (χ2n) is 8.04. The summed E-state index contributed by atoms with van der Waals surface area (Å²) in [5, 5.41) is 7.53. The first-order chi connectivity index (χ1) is 15.4. The van der Waals surface area contributed by atoms with Gasteiger partial charge in [0.1, 0.15) is 11.5 Å². The lowest BCUT2D eigenvalue weighted by Crippen LogP contribution is -2.20. The van der Waals surface area contributed by atoms with Crippen molar-refractivity contribution < 1.29 is 9.21 Å². The maximum absolute atomic E-state index is 12.8. The van der Waals surface area contributed by atoms with Crippen molar-refractivity contribution in [3.8, 4) is 11.5 Å². The molecule has 0 aliphatic carbocycles. The van der Waals surface area contributed by atoms with Crippen LogP contribution in [0.25, 0.3) is 11.5 Å². The fourth-order valence-electron chi connectivity index (χ4n) is 3.86. The zero-order chi connectivity index (χ0) is 22.7. The van der Waals surface area contributed by atoms with Crippen LogP contribution >= 0.6 is 0 Å². The van der Waals surface area contributed by atoms with Crippen LogP contribution in [-0.2, 0) is 11.3 Å². The molecule has 0 aliphatic heterocycles. The first-order valence-electron chi connectivity index (χ1n) is 10.9. The van der Waals surface area contributed by atoms with Crippen LogP contribution in [0.2, 0.25) is 0 Å². The van der Waals surface area contributed by atoms with Gasteiger partial charge in [-0.15, -0.1) is 0 Å². The Bertz CT molecular complexity index is 1210. The molecule has 1 atom stereocenters. The third-order valence-corrected chi connectivity index (χ3v) is 5.62. The SMILES string of the molecule is CCC(C(=O)Nc1ccc(-c2nc(Cn3nc(C)cc3C)c(C)o2)cc1)c1ccccc1. The molecule has 6 nitrogen and oxygen atoms in total. The maximum Gasteiger partial charge on any atom is 0.231 e. The average molecular weight is 429 g/mol. The number of hydrogen-bond acceptors (Lipinski definition) is 4. The van der Waals surface area contributed by atoms with Crippen molar-refractivity contribution in [1.29, 1.82) is 0 Å². The van der Waals surface area contributed by atoms with Crippen LogP contribution in [0.1, 0.15) is 47.7 Å². The topological polar surface area (TPSA) is 73.0 Å². The van der Waals surface area contributed by atoms with E-state index in [2.05, 4.69) is 15.4 Å². The van der Waals surface area contributed by atoms with Crippen molar-refractivity contribution in [2.75, 3.05) is 5.32 Å². The largest absolute Gasteiger partial charge is 0.441 e. The van der Waals surface area contributed by atoms with Gasteiger partial charge in [0.2, 0.25) is 11.8 Å².